The summed E-state index contributed by atoms with van der Waals surface area (Å²) in [4.78, 5) is 32.1. The summed E-state index contributed by atoms with van der Waals surface area (Å²) in [6.45, 7) is 5.45. The Hall–Kier alpha value is -1.34. The normalized spacial score (nSPS) is 17.7. The molecule has 1 atom stereocenters. The Kier molecular flexibility index (Phi) is 6.40. The third-order valence-corrected chi connectivity index (χ3v) is 6.40. The van der Waals surface area contributed by atoms with E-state index < -0.39 is 0 Å². The number of fused-ring (bicyclic) bond motifs is 1. The third-order valence-electron chi connectivity index (χ3n) is 4.94. The average Bonchev–Trinajstić information content (AvgIpc) is 2.66. The van der Waals surface area contributed by atoms with Crippen LogP contribution >= 0.6 is 27.7 Å². The van der Waals surface area contributed by atoms with Crippen LogP contribution < -0.4 is 5.56 Å². The standard InChI is InChI=1S/C19H24BrN3O2S/c1-3-14-7-5-6-10-23(14)17(24)12-26-19-21-16-9-8-13(20)11-15(16)18(25)22(19)4-2/h8-9,11,14H,3-7,10,12H2,1-2H3. The van der Waals surface area contributed by atoms with Crippen molar-refractivity contribution in [1.82, 2.24) is 14.5 Å². The number of halogens is 1. The summed E-state index contributed by atoms with van der Waals surface area (Å²) < 4.78 is 2.51. The molecule has 2 heterocycles. The number of likely N-dealkylation sites (tertiary alicyclic amines) is 1. The molecular weight excluding hydrogens is 414 g/mol. The number of nitrogens with zero attached hydrogens (tertiary/aromatic N) is 3. The Bertz CT molecular complexity index is 868. The second-order valence-electron chi connectivity index (χ2n) is 6.54. The van der Waals surface area contributed by atoms with Gasteiger partial charge in [-0.15, -0.1) is 0 Å². The fourth-order valence-corrected chi connectivity index (χ4v) is 4.83. The van der Waals surface area contributed by atoms with Gasteiger partial charge in [-0.05, 0) is 50.8 Å². The van der Waals surface area contributed by atoms with Crippen molar-refractivity contribution in [3.63, 3.8) is 0 Å². The van der Waals surface area contributed by atoms with Gasteiger partial charge >= 0.3 is 0 Å². The van der Waals surface area contributed by atoms with Crippen molar-refractivity contribution < 1.29 is 4.79 Å². The van der Waals surface area contributed by atoms with Gasteiger partial charge in [0.05, 0.1) is 16.7 Å². The molecule has 1 aromatic heterocycles. The van der Waals surface area contributed by atoms with Crippen LogP contribution in [0.5, 0.6) is 0 Å². The molecule has 0 N–H and O–H groups in total. The van der Waals surface area contributed by atoms with Crippen molar-refractivity contribution in [2.75, 3.05) is 12.3 Å². The number of thioether (sulfide) groups is 1. The maximum atomic E-state index is 12.8. The predicted molar refractivity (Wildman–Crippen MR) is 110 cm³/mol. The SMILES string of the molecule is CCC1CCCCN1C(=O)CSc1nc2ccc(Br)cc2c(=O)n1CC. The first-order valence-electron chi connectivity index (χ1n) is 9.17. The van der Waals surface area contributed by atoms with E-state index in [1.807, 2.05) is 24.0 Å². The topological polar surface area (TPSA) is 55.2 Å². The molecule has 140 valence electrons. The Morgan fingerprint density at radius 3 is 2.88 bits per heavy atom. The highest BCUT2D eigenvalue weighted by atomic mass is 79.9. The Balaban J connectivity index is 1.83. The molecule has 1 amide bonds. The lowest BCUT2D eigenvalue weighted by Gasteiger charge is -2.35. The largest absolute Gasteiger partial charge is 0.339 e. The summed E-state index contributed by atoms with van der Waals surface area (Å²) in [5, 5.41) is 1.21. The highest BCUT2D eigenvalue weighted by molar-refractivity contribution is 9.10. The molecule has 1 aromatic carbocycles. The summed E-state index contributed by atoms with van der Waals surface area (Å²) in [5.74, 6) is 0.472. The molecule has 1 fully saturated rings. The molecular formula is C19H24BrN3O2S. The minimum absolute atomic E-state index is 0.0573. The number of carbonyl (C=O) groups is 1. The summed E-state index contributed by atoms with van der Waals surface area (Å²) in [6, 6.07) is 5.87. The quantitative estimate of drug-likeness (QED) is 0.522. The predicted octanol–water partition coefficient (Wildman–Crippen LogP) is 4.06. The van der Waals surface area contributed by atoms with Crippen molar-refractivity contribution in [1.29, 1.82) is 0 Å². The van der Waals surface area contributed by atoms with E-state index in [1.54, 1.807) is 10.6 Å². The van der Waals surface area contributed by atoms with Gasteiger partial charge in [0, 0.05) is 23.6 Å². The minimum atomic E-state index is -0.0573. The van der Waals surface area contributed by atoms with Crippen LogP contribution in [0.2, 0.25) is 0 Å². The molecule has 7 heteroatoms. The van der Waals surface area contributed by atoms with Crippen molar-refractivity contribution in [2.24, 2.45) is 0 Å². The van der Waals surface area contributed by atoms with Gasteiger partial charge in [0.15, 0.2) is 5.16 Å². The number of benzene rings is 1. The van der Waals surface area contributed by atoms with Crippen molar-refractivity contribution >= 4 is 44.5 Å². The van der Waals surface area contributed by atoms with Crippen LogP contribution in [0.1, 0.15) is 39.5 Å². The van der Waals surface area contributed by atoms with Gasteiger partial charge in [0.2, 0.25) is 5.91 Å². The lowest BCUT2D eigenvalue weighted by Crippen LogP contribution is -2.44. The molecule has 1 aliphatic heterocycles. The van der Waals surface area contributed by atoms with Crippen LogP contribution in [-0.2, 0) is 11.3 Å². The third kappa shape index (κ3) is 3.98. The number of carbonyl (C=O) groups excluding carboxylic acids is 1. The van der Waals surface area contributed by atoms with Gasteiger partial charge in [-0.1, -0.05) is 34.6 Å². The summed E-state index contributed by atoms with van der Waals surface area (Å²) in [6.07, 6.45) is 4.37. The number of aromatic nitrogens is 2. The van der Waals surface area contributed by atoms with Crippen LogP contribution in [0.3, 0.4) is 0 Å². The molecule has 0 bridgehead atoms. The Labute approximate surface area is 166 Å². The maximum absolute atomic E-state index is 12.8. The van der Waals surface area contributed by atoms with Gasteiger partial charge in [0.1, 0.15) is 0 Å². The van der Waals surface area contributed by atoms with Crippen LogP contribution in [0.15, 0.2) is 32.6 Å². The first kappa shape index (κ1) is 19.4. The van der Waals surface area contributed by atoms with Gasteiger partial charge in [-0.25, -0.2) is 4.98 Å². The number of piperidine rings is 1. The van der Waals surface area contributed by atoms with Crippen molar-refractivity contribution in [2.45, 2.75) is 57.3 Å². The second kappa shape index (κ2) is 8.57. The Morgan fingerprint density at radius 1 is 1.35 bits per heavy atom. The molecule has 0 aliphatic carbocycles. The van der Waals surface area contributed by atoms with Crippen molar-refractivity contribution in [3.8, 4) is 0 Å². The van der Waals surface area contributed by atoms with E-state index in [4.69, 9.17) is 0 Å². The smallest absolute Gasteiger partial charge is 0.262 e. The zero-order chi connectivity index (χ0) is 18.7. The van der Waals surface area contributed by atoms with E-state index in [0.29, 0.717) is 34.4 Å². The van der Waals surface area contributed by atoms with Gasteiger partial charge in [0.25, 0.3) is 5.56 Å². The van der Waals surface area contributed by atoms with E-state index in [9.17, 15) is 9.59 Å². The van der Waals surface area contributed by atoms with Crippen LogP contribution in [0.4, 0.5) is 0 Å². The second-order valence-corrected chi connectivity index (χ2v) is 8.40. The molecule has 1 unspecified atom stereocenters. The van der Waals surface area contributed by atoms with E-state index in [-0.39, 0.29) is 11.5 Å². The summed E-state index contributed by atoms with van der Waals surface area (Å²) in [7, 11) is 0. The van der Waals surface area contributed by atoms with Crippen LogP contribution in [0, 0.1) is 0 Å². The van der Waals surface area contributed by atoms with Gasteiger partial charge in [-0.3, -0.25) is 14.2 Å². The zero-order valence-electron chi connectivity index (χ0n) is 15.2. The number of hydrogen-bond acceptors (Lipinski definition) is 4. The summed E-state index contributed by atoms with van der Waals surface area (Å²) in [5.41, 5.74) is 0.611. The molecule has 0 radical (unpaired) electrons. The van der Waals surface area contributed by atoms with Crippen molar-refractivity contribution in [3.05, 3.63) is 33.0 Å². The fourth-order valence-electron chi connectivity index (χ4n) is 3.52. The maximum Gasteiger partial charge on any atom is 0.262 e. The van der Waals surface area contributed by atoms with E-state index in [1.165, 1.54) is 18.2 Å². The molecule has 5 nitrogen and oxygen atoms in total. The molecule has 3 rings (SSSR count). The molecule has 0 saturated carbocycles. The minimum Gasteiger partial charge on any atom is -0.339 e. The van der Waals surface area contributed by atoms with Crippen LogP contribution in [0.25, 0.3) is 10.9 Å². The first-order chi connectivity index (χ1) is 12.5. The molecule has 2 aromatic rings. The fraction of sp³-hybridized carbons (Fsp3) is 0.526. The van der Waals surface area contributed by atoms with Crippen LogP contribution in [-0.4, -0.2) is 38.7 Å². The van der Waals surface area contributed by atoms with Gasteiger partial charge < -0.3 is 4.90 Å². The molecule has 1 aliphatic rings. The average molecular weight is 438 g/mol. The number of hydrogen-bond donors (Lipinski definition) is 0. The zero-order valence-corrected chi connectivity index (χ0v) is 17.6. The lowest BCUT2D eigenvalue weighted by molar-refractivity contribution is -0.132. The van der Waals surface area contributed by atoms with E-state index in [2.05, 4.69) is 27.8 Å². The highest BCUT2D eigenvalue weighted by Gasteiger charge is 2.25. The number of rotatable bonds is 5. The molecule has 1 saturated heterocycles. The monoisotopic (exact) mass is 437 g/mol. The van der Waals surface area contributed by atoms with E-state index in [0.717, 1.165) is 30.3 Å². The first-order valence-corrected chi connectivity index (χ1v) is 10.9. The van der Waals surface area contributed by atoms with Gasteiger partial charge in [-0.2, -0.15) is 0 Å². The molecule has 0 spiro atoms. The number of amides is 1. The van der Waals surface area contributed by atoms with E-state index >= 15 is 0 Å². The molecule has 26 heavy (non-hydrogen) atoms. The lowest BCUT2D eigenvalue weighted by atomic mass is 10.0. The highest BCUT2D eigenvalue weighted by Crippen LogP contribution is 2.24. The Morgan fingerprint density at radius 2 is 2.15 bits per heavy atom. The summed E-state index contributed by atoms with van der Waals surface area (Å²) >= 11 is 4.77.